The van der Waals surface area contributed by atoms with E-state index in [9.17, 15) is 8.42 Å². The molecule has 0 saturated carbocycles. The Labute approximate surface area is 126 Å². The summed E-state index contributed by atoms with van der Waals surface area (Å²) in [5, 5.41) is 0. The summed E-state index contributed by atoms with van der Waals surface area (Å²) in [6, 6.07) is 3.00. The SMILES string of the molecule is Nc1cnc(NS(=O)(=O)c2cncc(Br)c2)c(Br)c1. The highest BCUT2D eigenvalue weighted by molar-refractivity contribution is 9.10. The molecule has 0 atom stereocenters. The predicted molar refractivity (Wildman–Crippen MR) is 79.1 cm³/mol. The largest absolute Gasteiger partial charge is 0.397 e. The van der Waals surface area contributed by atoms with E-state index >= 15 is 0 Å². The van der Waals surface area contributed by atoms with Crippen molar-refractivity contribution >= 4 is 53.4 Å². The Bertz CT molecular complexity index is 721. The van der Waals surface area contributed by atoms with Crippen LogP contribution in [0.1, 0.15) is 0 Å². The number of nitrogens with one attached hydrogen (secondary N) is 1. The fourth-order valence-corrected chi connectivity index (χ4v) is 3.38. The molecule has 19 heavy (non-hydrogen) atoms. The van der Waals surface area contributed by atoms with Crippen molar-refractivity contribution in [2.24, 2.45) is 0 Å². The van der Waals surface area contributed by atoms with Crippen LogP contribution in [0.15, 0.2) is 44.6 Å². The van der Waals surface area contributed by atoms with Gasteiger partial charge in [-0.3, -0.25) is 9.71 Å². The lowest BCUT2D eigenvalue weighted by atomic mass is 10.4. The van der Waals surface area contributed by atoms with Crippen LogP contribution in [0.3, 0.4) is 0 Å². The van der Waals surface area contributed by atoms with Gasteiger partial charge in [0.25, 0.3) is 10.0 Å². The molecule has 100 valence electrons. The average Bonchev–Trinajstić information content (AvgIpc) is 2.33. The zero-order valence-electron chi connectivity index (χ0n) is 9.34. The summed E-state index contributed by atoms with van der Waals surface area (Å²) in [4.78, 5) is 7.76. The molecule has 2 aromatic heterocycles. The second-order valence-corrected chi connectivity index (χ2v) is 7.00. The molecule has 0 saturated heterocycles. The number of sulfonamides is 1. The summed E-state index contributed by atoms with van der Waals surface area (Å²) >= 11 is 6.36. The lowest BCUT2D eigenvalue weighted by Gasteiger charge is -2.09. The van der Waals surface area contributed by atoms with E-state index in [1.807, 2.05) is 0 Å². The lowest BCUT2D eigenvalue weighted by Crippen LogP contribution is -2.14. The van der Waals surface area contributed by atoms with E-state index < -0.39 is 10.0 Å². The molecule has 0 unspecified atom stereocenters. The first kappa shape index (κ1) is 14.2. The monoisotopic (exact) mass is 406 g/mol. The topological polar surface area (TPSA) is 98.0 Å². The first-order valence-corrected chi connectivity index (χ1v) is 8.00. The summed E-state index contributed by atoms with van der Waals surface area (Å²) in [6.07, 6.45) is 4.11. The van der Waals surface area contributed by atoms with E-state index in [2.05, 4.69) is 46.5 Å². The number of hydrogen-bond acceptors (Lipinski definition) is 5. The summed E-state index contributed by atoms with van der Waals surface area (Å²) < 4.78 is 27.6. The van der Waals surface area contributed by atoms with Crippen LogP contribution in [-0.2, 0) is 10.0 Å². The molecule has 2 aromatic rings. The van der Waals surface area contributed by atoms with E-state index in [1.54, 1.807) is 6.07 Å². The Morgan fingerprint density at radius 3 is 2.53 bits per heavy atom. The van der Waals surface area contributed by atoms with E-state index in [0.29, 0.717) is 14.6 Å². The van der Waals surface area contributed by atoms with Gasteiger partial charge in [0.15, 0.2) is 5.82 Å². The standard InChI is InChI=1S/C10H8Br2N4O2S/c11-6-1-8(5-14-3-6)19(17,18)16-10-9(12)2-7(13)4-15-10/h1-5H,13H2,(H,15,16). The molecule has 0 aliphatic carbocycles. The minimum absolute atomic E-state index is 0.0346. The molecule has 2 rings (SSSR count). The fraction of sp³-hybridized carbons (Fsp3) is 0. The number of halogens is 2. The maximum atomic E-state index is 12.1. The molecule has 0 spiro atoms. The van der Waals surface area contributed by atoms with Crippen molar-refractivity contribution < 1.29 is 8.42 Å². The van der Waals surface area contributed by atoms with Crippen LogP contribution in [0.25, 0.3) is 0 Å². The maximum Gasteiger partial charge on any atom is 0.264 e. The molecule has 0 aliphatic heterocycles. The van der Waals surface area contributed by atoms with Gasteiger partial charge in [0.1, 0.15) is 4.90 Å². The van der Waals surface area contributed by atoms with Crippen molar-refractivity contribution in [2.45, 2.75) is 4.90 Å². The molecule has 0 aliphatic rings. The van der Waals surface area contributed by atoms with E-state index in [1.165, 1.54) is 24.7 Å². The van der Waals surface area contributed by atoms with Crippen LogP contribution in [0, 0.1) is 0 Å². The smallest absolute Gasteiger partial charge is 0.264 e. The normalized spacial score (nSPS) is 11.3. The van der Waals surface area contributed by atoms with Crippen LogP contribution in [0.2, 0.25) is 0 Å². The molecule has 0 bridgehead atoms. The van der Waals surface area contributed by atoms with Gasteiger partial charge < -0.3 is 5.73 Å². The number of rotatable bonds is 3. The Morgan fingerprint density at radius 2 is 1.89 bits per heavy atom. The average molecular weight is 408 g/mol. The number of hydrogen-bond donors (Lipinski definition) is 2. The summed E-state index contributed by atoms with van der Waals surface area (Å²) in [7, 11) is -3.75. The van der Waals surface area contributed by atoms with Crippen molar-refractivity contribution in [3.05, 3.63) is 39.7 Å². The second kappa shape index (κ2) is 5.43. The van der Waals surface area contributed by atoms with Gasteiger partial charge in [0, 0.05) is 16.9 Å². The quantitative estimate of drug-likeness (QED) is 0.813. The Balaban J connectivity index is 2.36. The van der Waals surface area contributed by atoms with E-state index in [4.69, 9.17) is 5.73 Å². The molecular weight excluding hydrogens is 400 g/mol. The first-order chi connectivity index (χ1) is 8.88. The number of anilines is 2. The molecular formula is C10H8Br2N4O2S. The zero-order chi connectivity index (χ0) is 14.0. The highest BCUT2D eigenvalue weighted by Crippen LogP contribution is 2.24. The molecule has 6 nitrogen and oxygen atoms in total. The third kappa shape index (κ3) is 3.43. The Morgan fingerprint density at radius 1 is 1.16 bits per heavy atom. The van der Waals surface area contributed by atoms with Crippen LogP contribution in [0.5, 0.6) is 0 Å². The fourth-order valence-electron chi connectivity index (χ4n) is 1.25. The Hall–Kier alpha value is -1.19. The summed E-state index contributed by atoms with van der Waals surface area (Å²) in [5.74, 6) is 0.161. The van der Waals surface area contributed by atoms with E-state index in [0.717, 1.165) is 0 Å². The van der Waals surface area contributed by atoms with Crippen LogP contribution in [-0.4, -0.2) is 18.4 Å². The van der Waals surface area contributed by atoms with Gasteiger partial charge in [-0.05, 0) is 44.0 Å². The number of nitrogens with zero attached hydrogens (tertiary/aromatic N) is 2. The number of aromatic nitrogens is 2. The van der Waals surface area contributed by atoms with Gasteiger partial charge in [-0.2, -0.15) is 0 Å². The predicted octanol–water partition coefficient (Wildman–Crippen LogP) is 2.38. The third-order valence-corrected chi connectivity index (χ3v) is 4.43. The summed E-state index contributed by atoms with van der Waals surface area (Å²) in [5.41, 5.74) is 5.97. The van der Waals surface area contributed by atoms with Crippen molar-refractivity contribution in [1.82, 2.24) is 9.97 Å². The lowest BCUT2D eigenvalue weighted by molar-refractivity contribution is 0.600. The van der Waals surface area contributed by atoms with Gasteiger partial charge in [0.05, 0.1) is 16.4 Å². The molecule has 0 radical (unpaired) electrons. The van der Waals surface area contributed by atoms with Crippen LogP contribution >= 0.6 is 31.9 Å². The van der Waals surface area contributed by atoms with Gasteiger partial charge >= 0.3 is 0 Å². The molecule has 9 heteroatoms. The van der Waals surface area contributed by atoms with E-state index in [-0.39, 0.29) is 10.7 Å². The van der Waals surface area contributed by atoms with Gasteiger partial charge in [-0.1, -0.05) is 0 Å². The number of pyridine rings is 2. The highest BCUT2D eigenvalue weighted by atomic mass is 79.9. The Kier molecular flexibility index (Phi) is 4.07. The molecule has 2 heterocycles. The van der Waals surface area contributed by atoms with Crippen molar-refractivity contribution in [1.29, 1.82) is 0 Å². The summed E-state index contributed by atoms with van der Waals surface area (Å²) in [6.45, 7) is 0. The molecule has 0 fully saturated rings. The number of nitrogens with two attached hydrogens (primary N) is 1. The first-order valence-electron chi connectivity index (χ1n) is 4.93. The zero-order valence-corrected chi connectivity index (χ0v) is 13.3. The molecule has 3 N–H and O–H groups in total. The maximum absolute atomic E-state index is 12.1. The van der Waals surface area contributed by atoms with Crippen molar-refractivity contribution in [2.75, 3.05) is 10.5 Å². The van der Waals surface area contributed by atoms with Crippen LogP contribution in [0.4, 0.5) is 11.5 Å². The van der Waals surface area contributed by atoms with Crippen LogP contribution < -0.4 is 10.5 Å². The van der Waals surface area contributed by atoms with Gasteiger partial charge in [-0.15, -0.1) is 0 Å². The third-order valence-electron chi connectivity index (χ3n) is 2.08. The number of nitrogen functional groups attached to an aromatic ring is 1. The minimum Gasteiger partial charge on any atom is -0.397 e. The highest BCUT2D eigenvalue weighted by Gasteiger charge is 2.17. The molecule has 0 aromatic carbocycles. The van der Waals surface area contributed by atoms with Crippen molar-refractivity contribution in [3.8, 4) is 0 Å². The van der Waals surface area contributed by atoms with Gasteiger partial charge in [-0.25, -0.2) is 13.4 Å². The van der Waals surface area contributed by atoms with Crippen molar-refractivity contribution in [3.63, 3.8) is 0 Å². The molecule has 0 amide bonds. The minimum atomic E-state index is -3.75. The van der Waals surface area contributed by atoms with Gasteiger partial charge in [0.2, 0.25) is 0 Å². The second-order valence-electron chi connectivity index (χ2n) is 3.54.